The third kappa shape index (κ3) is 3.07. The fourth-order valence-electron chi connectivity index (χ4n) is 1.73. The van der Waals surface area contributed by atoms with E-state index >= 15 is 0 Å². The van der Waals surface area contributed by atoms with Crippen molar-refractivity contribution < 1.29 is 4.39 Å². The van der Waals surface area contributed by atoms with Gasteiger partial charge in [-0.15, -0.1) is 11.3 Å². The largest absolute Gasteiger partial charge is 0.304 e. The Morgan fingerprint density at radius 3 is 2.94 bits per heavy atom. The Morgan fingerprint density at radius 1 is 1.50 bits per heavy atom. The maximum atomic E-state index is 14.0. The monoisotopic (exact) mass is 284 g/mol. The van der Waals surface area contributed by atoms with Crippen LogP contribution in [0.15, 0.2) is 29.8 Å². The Kier molecular flexibility index (Phi) is 4.69. The number of hydrogen-bond acceptors (Lipinski definition) is 3. The van der Waals surface area contributed by atoms with Crippen molar-refractivity contribution >= 4 is 22.9 Å². The van der Waals surface area contributed by atoms with E-state index in [1.165, 1.54) is 17.4 Å². The zero-order chi connectivity index (χ0) is 13.0. The Hall–Kier alpha value is -0.970. The summed E-state index contributed by atoms with van der Waals surface area (Å²) in [6.07, 6.45) is 2.71. The maximum Gasteiger partial charge on any atom is 0.129 e. The summed E-state index contributed by atoms with van der Waals surface area (Å²) in [6.45, 7) is 2.89. The van der Waals surface area contributed by atoms with Crippen LogP contribution in [0.4, 0.5) is 4.39 Å². The molecule has 2 rings (SSSR count). The van der Waals surface area contributed by atoms with Crippen molar-refractivity contribution in [3.8, 4) is 0 Å². The number of benzene rings is 1. The van der Waals surface area contributed by atoms with Gasteiger partial charge in [0.05, 0.1) is 6.04 Å². The molecule has 96 valence electrons. The van der Waals surface area contributed by atoms with Gasteiger partial charge in [0.2, 0.25) is 0 Å². The van der Waals surface area contributed by atoms with Crippen molar-refractivity contribution in [2.45, 2.75) is 19.4 Å². The molecule has 0 aliphatic heterocycles. The molecule has 5 heteroatoms. The van der Waals surface area contributed by atoms with E-state index in [0.717, 1.165) is 18.0 Å². The van der Waals surface area contributed by atoms with Crippen molar-refractivity contribution in [1.29, 1.82) is 0 Å². The van der Waals surface area contributed by atoms with Crippen molar-refractivity contribution in [3.63, 3.8) is 0 Å². The molecule has 1 unspecified atom stereocenters. The van der Waals surface area contributed by atoms with Crippen LogP contribution in [0.5, 0.6) is 0 Å². The molecule has 18 heavy (non-hydrogen) atoms. The van der Waals surface area contributed by atoms with Crippen LogP contribution in [0, 0.1) is 5.82 Å². The molecule has 0 radical (unpaired) electrons. The maximum absolute atomic E-state index is 14.0. The molecule has 1 heterocycles. The lowest BCUT2D eigenvalue weighted by atomic mass is 10.1. The van der Waals surface area contributed by atoms with E-state index in [0.29, 0.717) is 10.6 Å². The quantitative estimate of drug-likeness (QED) is 0.897. The highest BCUT2D eigenvalue weighted by Crippen LogP contribution is 2.27. The van der Waals surface area contributed by atoms with E-state index < -0.39 is 0 Å². The normalized spacial score (nSPS) is 12.6. The van der Waals surface area contributed by atoms with Crippen LogP contribution in [-0.4, -0.2) is 11.5 Å². The molecule has 0 saturated carbocycles. The fraction of sp³-hybridized carbons (Fsp3) is 0.308. The minimum atomic E-state index is -0.300. The van der Waals surface area contributed by atoms with E-state index in [2.05, 4.69) is 17.2 Å². The topological polar surface area (TPSA) is 24.9 Å². The Morgan fingerprint density at radius 2 is 2.33 bits per heavy atom. The number of halogens is 2. The first-order chi connectivity index (χ1) is 8.72. The predicted octanol–water partition coefficient (Wildman–Crippen LogP) is 4.02. The van der Waals surface area contributed by atoms with Crippen molar-refractivity contribution in [2.75, 3.05) is 6.54 Å². The predicted molar refractivity (Wildman–Crippen MR) is 73.7 cm³/mol. The van der Waals surface area contributed by atoms with Gasteiger partial charge >= 0.3 is 0 Å². The highest BCUT2D eigenvalue weighted by Gasteiger charge is 2.19. The highest BCUT2D eigenvalue weighted by molar-refractivity contribution is 7.09. The van der Waals surface area contributed by atoms with Crippen LogP contribution >= 0.6 is 22.9 Å². The van der Waals surface area contributed by atoms with Gasteiger partial charge in [0.1, 0.15) is 10.8 Å². The van der Waals surface area contributed by atoms with E-state index in [1.54, 1.807) is 18.3 Å². The molecular weight excluding hydrogens is 271 g/mol. The number of nitrogens with one attached hydrogen (secondary N) is 1. The molecule has 0 bridgehead atoms. The number of nitrogens with zero attached hydrogens (tertiary/aromatic N) is 1. The van der Waals surface area contributed by atoms with Gasteiger partial charge in [-0.3, -0.25) is 0 Å². The van der Waals surface area contributed by atoms with Crippen LogP contribution in [0.1, 0.15) is 30.0 Å². The van der Waals surface area contributed by atoms with Crippen molar-refractivity contribution in [1.82, 2.24) is 10.3 Å². The van der Waals surface area contributed by atoms with Gasteiger partial charge in [0.25, 0.3) is 0 Å². The lowest BCUT2D eigenvalue weighted by Crippen LogP contribution is -2.24. The van der Waals surface area contributed by atoms with Gasteiger partial charge in [0, 0.05) is 22.2 Å². The second-order valence-electron chi connectivity index (χ2n) is 3.92. The molecule has 1 N–H and O–H groups in total. The van der Waals surface area contributed by atoms with E-state index in [1.807, 2.05) is 5.38 Å². The van der Waals surface area contributed by atoms with Gasteiger partial charge in [-0.1, -0.05) is 24.6 Å². The number of hydrogen-bond donors (Lipinski definition) is 1. The highest BCUT2D eigenvalue weighted by atomic mass is 35.5. The summed E-state index contributed by atoms with van der Waals surface area (Å²) in [4.78, 5) is 4.27. The Bertz CT molecular complexity index is 502. The summed E-state index contributed by atoms with van der Waals surface area (Å²) >= 11 is 7.29. The molecule has 1 atom stereocenters. The summed E-state index contributed by atoms with van der Waals surface area (Å²) < 4.78 is 14.0. The molecule has 0 aliphatic rings. The van der Waals surface area contributed by atoms with Crippen LogP contribution in [0.25, 0.3) is 0 Å². The Balaban J connectivity index is 2.33. The minimum absolute atomic E-state index is 0.206. The van der Waals surface area contributed by atoms with Gasteiger partial charge in [-0.2, -0.15) is 0 Å². The SMILES string of the molecule is CCCNC(c1nccs1)c1ccc(Cl)cc1F. The first kappa shape index (κ1) is 13.5. The molecule has 2 nitrogen and oxygen atoms in total. The first-order valence-corrected chi connectivity index (χ1v) is 7.06. The summed E-state index contributed by atoms with van der Waals surface area (Å²) in [7, 11) is 0. The average Bonchev–Trinajstić information content (AvgIpc) is 2.85. The van der Waals surface area contributed by atoms with Crippen molar-refractivity contribution in [2.24, 2.45) is 0 Å². The third-order valence-corrected chi connectivity index (χ3v) is 3.65. The van der Waals surface area contributed by atoms with E-state index in [9.17, 15) is 4.39 Å². The summed E-state index contributed by atoms with van der Waals surface area (Å²) in [5.41, 5.74) is 0.586. The van der Waals surface area contributed by atoms with Crippen LogP contribution < -0.4 is 5.32 Å². The molecule has 1 aromatic carbocycles. The van der Waals surface area contributed by atoms with E-state index in [-0.39, 0.29) is 11.9 Å². The first-order valence-electron chi connectivity index (χ1n) is 5.80. The van der Waals surface area contributed by atoms with Crippen LogP contribution in [0.3, 0.4) is 0 Å². The Labute approximate surface area is 115 Å². The van der Waals surface area contributed by atoms with Crippen LogP contribution in [0.2, 0.25) is 5.02 Å². The molecule has 0 spiro atoms. The smallest absolute Gasteiger partial charge is 0.129 e. The van der Waals surface area contributed by atoms with Gasteiger partial charge in [-0.25, -0.2) is 9.37 Å². The second kappa shape index (κ2) is 6.27. The average molecular weight is 285 g/mol. The molecular formula is C13H14ClFN2S. The number of aromatic nitrogens is 1. The zero-order valence-corrected chi connectivity index (χ0v) is 11.6. The van der Waals surface area contributed by atoms with Crippen LogP contribution in [-0.2, 0) is 0 Å². The summed E-state index contributed by atoms with van der Waals surface area (Å²) in [5, 5.41) is 6.48. The van der Waals surface area contributed by atoms with Gasteiger partial charge in [0.15, 0.2) is 0 Å². The molecule has 0 aliphatic carbocycles. The number of thiazole rings is 1. The number of rotatable bonds is 5. The lowest BCUT2D eigenvalue weighted by Gasteiger charge is -2.17. The summed E-state index contributed by atoms with van der Waals surface area (Å²) in [6, 6.07) is 4.55. The van der Waals surface area contributed by atoms with Gasteiger partial charge in [-0.05, 0) is 25.1 Å². The molecule has 0 saturated heterocycles. The van der Waals surface area contributed by atoms with Gasteiger partial charge < -0.3 is 5.32 Å². The lowest BCUT2D eigenvalue weighted by molar-refractivity contribution is 0.545. The van der Waals surface area contributed by atoms with E-state index in [4.69, 9.17) is 11.6 Å². The summed E-state index contributed by atoms with van der Waals surface area (Å²) in [5.74, 6) is -0.300. The molecule has 0 fully saturated rings. The molecule has 1 aromatic heterocycles. The minimum Gasteiger partial charge on any atom is -0.304 e. The standard InChI is InChI=1S/C13H14ClFN2S/c1-2-5-16-12(13-17-6-7-18-13)10-4-3-9(14)8-11(10)15/h3-4,6-8,12,16H,2,5H2,1H3. The molecule has 2 aromatic rings. The molecule has 0 amide bonds. The second-order valence-corrected chi connectivity index (χ2v) is 5.29. The zero-order valence-electron chi connectivity index (χ0n) is 9.99. The fourth-order valence-corrected chi connectivity index (χ4v) is 2.62. The van der Waals surface area contributed by atoms with Crippen molar-refractivity contribution in [3.05, 3.63) is 51.2 Å². The third-order valence-electron chi connectivity index (χ3n) is 2.57.